The van der Waals surface area contributed by atoms with Crippen LogP contribution in [0, 0.1) is 3.70 Å². The molecule has 9 nitrogen and oxygen atoms in total. The van der Waals surface area contributed by atoms with Gasteiger partial charge in [0.15, 0.2) is 0 Å². The van der Waals surface area contributed by atoms with Crippen LogP contribution in [0.15, 0.2) is 49.2 Å². The Kier molecular flexibility index (Phi) is 7.99. The van der Waals surface area contributed by atoms with E-state index in [4.69, 9.17) is 11.6 Å². The summed E-state index contributed by atoms with van der Waals surface area (Å²) in [6, 6.07) is 5.22. The van der Waals surface area contributed by atoms with E-state index in [-0.39, 0.29) is 16.4 Å². The van der Waals surface area contributed by atoms with Crippen LogP contribution >= 0.6 is 45.5 Å². The van der Waals surface area contributed by atoms with Crippen molar-refractivity contribution in [3.05, 3.63) is 79.0 Å². The van der Waals surface area contributed by atoms with Crippen LogP contribution < -0.4 is 10.6 Å². The SMILES string of the molecule is CC(NC(=O)c1cc(-c2ccc(I)nc2)ncn1)c1ncc(C(=O)Nc2cc(C(F)(F)F)c(Cl)cn2)s1. The third-order valence-corrected chi connectivity index (χ3v) is 6.91. The topological polar surface area (TPSA) is 123 Å². The lowest BCUT2D eigenvalue weighted by atomic mass is 10.2. The number of aromatic nitrogens is 5. The number of amides is 2. The first kappa shape index (κ1) is 26.8. The van der Waals surface area contributed by atoms with Crippen LogP contribution in [0.1, 0.15) is 43.7 Å². The number of pyridine rings is 2. The highest BCUT2D eigenvalue weighted by atomic mass is 127. The Morgan fingerprint density at radius 2 is 1.81 bits per heavy atom. The Balaban J connectivity index is 1.43. The number of alkyl halides is 3. The lowest BCUT2D eigenvalue weighted by Crippen LogP contribution is -2.27. The van der Waals surface area contributed by atoms with Gasteiger partial charge >= 0.3 is 6.18 Å². The van der Waals surface area contributed by atoms with Gasteiger partial charge in [0.05, 0.1) is 28.5 Å². The Labute approximate surface area is 230 Å². The summed E-state index contributed by atoms with van der Waals surface area (Å²) < 4.78 is 40.0. The van der Waals surface area contributed by atoms with Crippen molar-refractivity contribution in [2.45, 2.75) is 19.1 Å². The number of rotatable bonds is 6. The number of halogens is 5. The highest BCUT2D eigenvalue weighted by molar-refractivity contribution is 14.1. The molecule has 1 unspecified atom stereocenters. The molecular formula is C22H14ClF3IN7O2S. The second-order valence-corrected chi connectivity index (χ2v) is 9.99. The summed E-state index contributed by atoms with van der Waals surface area (Å²) in [4.78, 5) is 45.7. The van der Waals surface area contributed by atoms with E-state index >= 15 is 0 Å². The average molecular weight is 660 g/mol. The van der Waals surface area contributed by atoms with Gasteiger partial charge in [-0.3, -0.25) is 9.59 Å². The first-order valence-corrected chi connectivity index (χ1v) is 12.5. The maximum Gasteiger partial charge on any atom is 0.418 e. The molecule has 2 N–H and O–H groups in total. The van der Waals surface area contributed by atoms with Crippen LogP contribution in [0.2, 0.25) is 5.02 Å². The molecule has 0 saturated heterocycles. The van der Waals surface area contributed by atoms with Gasteiger partial charge in [-0.05, 0) is 53.8 Å². The van der Waals surface area contributed by atoms with Gasteiger partial charge in [-0.2, -0.15) is 13.2 Å². The van der Waals surface area contributed by atoms with Gasteiger partial charge in [0.2, 0.25) is 0 Å². The number of anilines is 1. The number of carbonyl (C=O) groups is 2. The number of hydrogen-bond donors (Lipinski definition) is 2. The summed E-state index contributed by atoms with van der Waals surface area (Å²) >= 11 is 8.60. The van der Waals surface area contributed by atoms with Gasteiger partial charge in [-0.25, -0.2) is 24.9 Å². The molecule has 0 aliphatic carbocycles. The number of carbonyl (C=O) groups excluding carboxylic acids is 2. The summed E-state index contributed by atoms with van der Waals surface area (Å²) in [5.74, 6) is -1.52. The van der Waals surface area contributed by atoms with Crippen LogP contribution in [-0.4, -0.2) is 36.7 Å². The van der Waals surface area contributed by atoms with Crippen molar-refractivity contribution in [2.75, 3.05) is 5.32 Å². The van der Waals surface area contributed by atoms with Gasteiger partial charge < -0.3 is 10.6 Å². The summed E-state index contributed by atoms with van der Waals surface area (Å²) in [6.45, 7) is 1.67. The molecule has 0 bridgehead atoms. The highest BCUT2D eigenvalue weighted by Gasteiger charge is 2.34. The molecule has 1 atom stereocenters. The van der Waals surface area contributed by atoms with E-state index in [0.717, 1.165) is 26.8 Å². The van der Waals surface area contributed by atoms with E-state index in [9.17, 15) is 22.8 Å². The maximum absolute atomic E-state index is 13.1. The van der Waals surface area contributed by atoms with Crippen molar-refractivity contribution in [3.63, 3.8) is 0 Å². The van der Waals surface area contributed by atoms with Crippen molar-refractivity contribution in [1.82, 2.24) is 30.2 Å². The molecule has 190 valence electrons. The number of nitrogens with one attached hydrogen (secondary N) is 2. The molecule has 4 aromatic rings. The van der Waals surface area contributed by atoms with Gasteiger partial charge in [0.1, 0.15) is 31.4 Å². The van der Waals surface area contributed by atoms with Gasteiger partial charge in [0.25, 0.3) is 11.8 Å². The lowest BCUT2D eigenvalue weighted by Gasteiger charge is -2.11. The van der Waals surface area contributed by atoms with Crippen LogP contribution in [0.3, 0.4) is 0 Å². The predicted octanol–water partition coefficient (Wildman–Crippen LogP) is 5.41. The van der Waals surface area contributed by atoms with Crippen molar-refractivity contribution in [3.8, 4) is 11.3 Å². The molecule has 0 fully saturated rings. The van der Waals surface area contributed by atoms with Crippen molar-refractivity contribution >= 4 is 63.2 Å². The number of thiazole rings is 1. The van der Waals surface area contributed by atoms with E-state index in [1.165, 1.54) is 18.6 Å². The van der Waals surface area contributed by atoms with E-state index in [0.29, 0.717) is 16.8 Å². The van der Waals surface area contributed by atoms with Crippen molar-refractivity contribution < 1.29 is 22.8 Å². The molecule has 0 saturated carbocycles. The Morgan fingerprint density at radius 1 is 1.03 bits per heavy atom. The Hall–Kier alpha value is -3.24. The summed E-state index contributed by atoms with van der Waals surface area (Å²) in [5.41, 5.74) is 0.249. The molecule has 4 heterocycles. The fraction of sp³-hybridized carbons (Fsp3) is 0.136. The second-order valence-electron chi connectivity index (χ2n) is 7.42. The molecule has 37 heavy (non-hydrogen) atoms. The summed E-state index contributed by atoms with van der Waals surface area (Å²) in [5, 5.41) is 4.86. The first-order chi connectivity index (χ1) is 17.5. The molecule has 15 heteroatoms. The van der Waals surface area contributed by atoms with E-state index in [2.05, 4.69) is 58.1 Å². The fourth-order valence-electron chi connectivity index (χ4n) is 2.99. The predicted molar refractivity (Wildman–Crippen MR) is 138 cm³/mol. The van der Waals surface area contributed by atoms with Crippen LogP contribution in [0.25, 0.3) is 11.3 Å². The average Bonchev–Trinajstić information content (AvgIpc) is 3.36. The van der Waals surface area contributed by atoms with E-state index in [1.54, 1.807) is 13.1 Å². The third kappa shape index (κ3) is 6.56. The quantitative estimate of drug-likeness (QED) is 0.210. The molecule has 0 radical (unpaired) electrons. The van der Waals surface area contributed by atoms with E-state index in [1.807, 2.05) is 12.1 Å². The second kappa shape index (κ2) is 11.0. The number of hydrogen-bond acceptors (Lipinski definition) is 8. The maximum atomic E-state index is 13.1. The molecular weight excluding hydrogens is 646 g/mol. The zero-order valence-corrected chi connectivity index (χ0v) is 22.3. The van der Waals surface area contributed by atoms with E-state index < -0.39 is 34.6 Å². The zero-order valence-electron chi connectivity index (χ0n) is 18.5. The first-order valence-electron chi connectivity index (χ1n) is 10.3. The van der Waals surface area contributed by atoms with Gasteiger partial charge in [-0.15, -0.1) is 11.3 Å². The van der Waals surface area contributed by atoms with Crippen LogP contribution in [-0.2, 0) is 6.18 Å². The largest absolute Gasteiger partial charge is 0.418 e. The molecule has 4 aromatic heterocycles. The third-order valence-electron chi connectivity index (χ3n) is 4.79. The number of nitrogens with zero attached hydrogens (tertiary/aromatic N) is 5. The molecule has 4 rings (SSSR count). The zero-order chi connectivity index (χ0) is 26.7. The molecule has 0 aliphatic heterocycles. The smallest absolute Gasteiger partial charge is 0.342 e. The molecule has 2 amide bonds. The van der Waals surface area contributed by atoms with Gasteiger partial charge in [-0.1, -0.05) is 11.6 Å². The van der Waals surface area contributed by atoms with Crippen LogP contribution in [0.5, 0.6) is 0 Å². The fourth-order valence-corrected chi connectivity index (χ4v) is 4.34. The van der Waals surface area contributed by atoms with Gasteiger partial charge in [0, 0.05) is 18.0 Å². The normalized spacial score (nSPS) is 12.2. The lowest BCUT2D eigenvalue weighted by molar-refractivity contribution is -0.137. The van der Waals surface area contributed by atoms with Crippen molar-refractivity contribution in [1.29, 1.82) is 0 Å². The van der Waals surface area contributed by atoms with Crippen molar-refractivity contribution in [2.24, 2.45) is 0 Å². The molecule has 0 spiro atoms. The summed E-state index contributed by atoms with van der Waals surface area (Å²) in [7, 11) is 0. The Bertz CT molecular complexity index is 1470. The summed E-state index contributed by atoms with van der Waals surface area (Å²) in [6.07, 6.45) is 0.272. The molecule has 0 aliphatic rings. The minimum absolute atomic E-state index is 0.108. The van der Waals surface area contributed by atoms with Crippen LogP contribution in [0.4, 0.5) is 19.0 Å². The monoisotopic (exact) mass is 659 g/mol. The highest BCUT2D eigenvalue weighted by Crippen LogP contribution is 2.35. The standard InChI is InChI=1S/C22H14ClF3IN7O2S/c1-10(33-19(35)15-5-14(31-9-32-15)11-2-3-17(27)28-6-11)21-30-8-16(37-21)20(36)34-18-4-12(22(24,25)26)13(23)7-29-18/h2-10H,1H3,(H,33,35)(H,29,34,36). The Morgan fingerprint density at radius 3 is 2.51 bits per heavy atom. The minimum atomic E-state index is -4.70. The molecule has 0 aromatic carbocycles. The minimum Gasteiger partial charge on any atom is -0.342 e.